The largest absolute Gasteiger partial charge is 0.476 e. The molecule has 0 saturated carbocycles. The molecule has 1 N–H and O–H groups in total. The van der Waals surface area contributed by atoms with Crippen LogP contribution < -0.4 is 4.41 Å². The number of sulfonamides is 1. The number of imidazole rings is 1. The third kappa shape index (κ3) is 1.84. The fourth-order valence-corrected chi connectivity index (χ4v) is 1.28. The zero-order chi connectivity index (χ0) is 10.9. The molecular weight excluding hydrogens is 210 g/mol. The second-order valence-electron chi connectivity index (χ2n) is 2.63. The minimum absolute atomic E-state index is 0.210. The van der Waals surface area contributed by atoms with Crippen molar-refractivity contribution in [1.29, 1.82) is 0 Å². The molecule has 14 heavy (non-hydrogen) atoms. The molecule has 0 amide bonds. The van der Waals surface area contributed by atoms with Crippen molar-refractivity contribution in [2.75, 3.05) is 17.7 Å². The summed E-state index contributed by atoms with van der Waals surface area (Å²) in [7, 11) is -2.25. The van der Waals surface area contributed by atoms with Gasteiger partial charge in [0.2, 0.25) is 10.0 Å². The molecule has 0 aliphatic heterocycles. The van der Waals surface area contributed by atoms with Crippen molar-refractivity contribution in [3.05, 3.63) is 18.2 Å². The van der Waals surface area contributed by atoms with Crippen LogP contribution in [-0.4, -0.2) is 42.5 Å². The van der Waals surface area contributed by atoms with Gasteiger partial charge in [-0.3, -0.25) is 0 Å². The van der Waals surface area contributed by atoms with E-state index in [0.717, 1.165) is 27.9 Å². The second-order valence-corrected chi connectivity index (χ2v) is 4.62. The Morgan fingerprint density at radius 1 is 1.64 bits per heavy atom. The van der Waals surface area contributed by atoms with Crippen molar-refractivity contribution in [2.24, 2.45) is 0 Å². The minimum Gasteiger partial charge on any atom is -0.476 e. The maximum atomic E-state index is 11.1. The molecule has 1 heterocycles. The monoisotopic (exact) mass is 219 g/mol. The third-order valence-electron chi connectivity index (χ3n) is 1.62. The van der Waals surface area contributed by atoms with Crippen LogP contribution in [0.4, 0.5) is 0 Å². The smallest absolute Gasteiger partial charge is 0.356 e. The SMILES string of the molecule is CN(n1cncc1C(=O)O)S(C)(=O)=O. The standard InChI is InChI=1S/C6H9N3O4S/c1-8(14(2,12)13)9-4-7-3-5(9)6(10)11/h3-4H,1-2H3,(H,10,11). The number of carbonyl (C=O) groups is 1. The first-order valence-corrected chi connectivity index (χ1v) is 5.38. The predicted octanol–water partition coefficient (Wildman–Crippen LogP) is -0.891. The summed E-state index contributed by atoms with van der Waals surface area (Å²) in [6.45, 7) is 0. The van der Waals surface area contributed by atoms with E-state index in [4.69, 9.17) is 5.11 Å². The van der Waals surface area contributed by atoms with Crippen molar-refractivity contribution >= 4 is 16.0 Å². The summed E-state index contributed by atoms with van der Waals surface area (Å²) >= 11 is 0. The van der Waals surface area contributed by atoms with Gasteiger partial charge < -0.3 is 5.11 Å². The Bertz CT molecular complexity index is 449. The number of nitrogens with zero attached hydrogens (tertiary/aromatic N) is 3. The van der Waals surface area contributed by atoms with E-state index in [0.29, 0.717) is 0 Å². The fraction of sp³-hybridized carbons (Fsp3) is 0.333. The van der Waals surface area contributed by atoms with Gasteiger partial charge in [-0.05, 0) is 0 Å². The fourth-order valence-electron chi connectivity index (χ4n) is 0.826. The van der Waals surface area contributed by atoms with Gasteiger partial charge in [0.05, 0.1) is 12.5 Å². The van der Waals surface area contributed by atoms with Gasteiger partial charge in [-0.15, -0.1) is 0 Å². The van der Waals surface area contributed by atoms with Crippen LogP contribution >= 0.6 is 0 Å². The van der Waals surface area contributed by atoms with Gasteiger partial charge in [0.1, 0.15) is 6.33 Å². The molecule has 1 aromatic heterocycles. The molecule has 7 nitrogen and oxygen atoms in total. The molecule has 1 rings (SSSR count). The van der Waals surface area contributed by atoms with Gasteiger partial charge >= 0.3 is 5.97 Å². The highest BCUT2D eigenvalue weighted by atomic mass is 32.2. The maximum Gasteiger partial charge on any atom is 0.356 e. The molecule has 1 aromatic rings. The van der Waals surface area contributed by atoms with E-state index in [1.165, 1.54) is 7.05 Å². The number of hydrogen-bond acceptors (Lipinski definition) is 4. The summed E-state index contributed by atoms with van der Waals surface area (Å²) in [5.74, 6) is -1.24. The summed E-state index contributed by atoms with van der Waals surface area (Å²) < 4.78 is 23.9. The lowest BCUT2D eigenvalue weighted by Gasteiger charge is -2.18. The molecule has 0 aliphatic rings. The molecule has 78 valence electrons. The normalized spacial score (nSPS) is 11.3. The van der Waals surface area contributed by atoms with Crippen LogP contribution in [0.5, 0.6) is 0 Å². The van der Waals surface area contributed by atoms with Crippen molar-refractivity contribution in [3.63, 3.8) is 0 Å². The lowest BCUT2D eigenvalue weighted by molar-refractivity contribution is 0.0686. The predicted molar refractivity (Wildman–Crippen MR) is 48.2 cm³/mol. The highest BCUT2D eigenvalue weighted by molar-refractivity contribution is 7.91. The Morgan fingerprint density at radius 3 is 2.64 bits per heavy atom. The molecule has 0 saturated heterocycles. The van der Waals surface area contributed by atoms with E-state index in [9.17, 15) is 13.2 Å². The van der Waals surface area contributed by atoms with Gasteiger partial charge in [0.15, 0.2) is 5.69 Å². The van der Waals surface area contributed by atoms with Crippen molar-refractivity contribution in [3.8, 4) is 0 Å². The minimum atomic E-state index is -3.49. The van der Waals surface area contributed by atoms with E-state index < -0.39 is 16.0 Å². The molecule has 0 unspecified atom stereocenters. The number of carboxylic acid groups (broad SMARTS) is 1. The summed E-state index contributed by atoms with van der Waals surface area (Å²) in [5, 5.41) is 8.69. The van der Waals surface area contributed by atoms with Crippen LogP contribution in [0, 0.1) is 0 Å². The Hall–Kier alpha value is -1.57. The average molecular weight is 219 g/mol. The molecular formula is C6H9N3O4S. The zero-order valence-corrected chi connectivity index (χ0v) is 8.39. The first-order valence-electron chi connectivity index (χ1n) is 3.54. The maximum absolute atomic E-state index is 11.1. The Morgan fingerprint density at radius 2 is 2.21 bits per heavy atom. The molecule has 0 atom stereocenters. The Balaban J connectivity index is 3.20. The van der Waals surface area contributed by atoms with E-state index in [1.54, 1.807) is 0 Å². The molecule has 0 radical (unpaired) electrons. The average Bonchev–Trinajstić information content (AvgIpc) is 2.48. The molecule has 0 fully saturated rings. The first kappa shape index (κ1) is 10.5. The van der Waals surface area contributed by atoms with E-state index >= 15 is 0 Å². The van der Waals surface area contributed by atoms with Gasteiger partial charge in [0, 0.05) is 7.05 Å². The molecule has 0 spiro atoms. The van der Waals surface area contributed by atoms with E-state index in [2.05, 4.69) is 4.98 Å². The lowest BCUT2D eigenvalue weighted by atomic mass is 10.5. The van der Waals surface area contributed by atoms with E-state index in [1.807, 2.05) is 0 Å². The number of carboxylic acids is 1. The van der Waals surface area contributed by atoms with E-state index in [-0.39, 0.29) is 5.69 Å². The molecule has 0 bridgehead atoms. The van der Waals surface area contributed by atoms with Gasteiger partial charge in [-0.25, -0.2) is 27.3 Å². The van der Waals surface area contributed by atoms with Crippen LogP contribution in [0.1, 0.15) is 10.5 Å². The number of aromatic carboxylic acids is 1. The first-order chi connectivity index (χ1) is 6.34. The molecule has 0 aliphatic carbocycles. The van der Waals surface area contributed by atoms with Crippen LogP contribution in [-0.2, 0) is 10.0 Å². The quantitative estimate of drug-likeness (QED) is 0.711. The van der Waals surface area contributed by atoms with Gasteiger partial charge in [-0.2, -0.15) is 0 Å². The lowest BCUT2D eigenvalue weighted by Crippen LogP contribution is -2.37. The highest BCUT2D eigenvalue weighted by Gasteiger charge is 2.18. The topological polar surface area (TPSA) is 92.5 Å². The molecule has 0 aromatic carbocycles. The second kappa shape index (κ2) is 3.29. The molecule has 8 heteroatoms. The Kier molecular flexibility index (Phi) is 2.47. The summed E-state index contributed by atoms with van der Waals surface area (Å²) in [6, 6.07) is 0. The van der Waals surface area contributed by atoms with Crippen LogP contribution in [0.25, 0.3) is 0 Å². The van der Waals surface area contributed by atoms with Crippen LogP contribution in [0.2, 0.25) is 0 Å². The van der Waals surface area contributed by atoms with Crippen molar-refractivity contribution in [1.82, 2.24) is 9.66 Å². The highest BCUT2D eigenvalue weighted by Crippen LogP contribution is 2.02. The number of aromatic nitrogens is 2. The van der Waals surface area contributed by atoms with Crippen molar-refractivity contribution in [2.45, 2.75) is 0 Å². The summed E-state index contributed by atoms with van der Waals surface area (Å²) in [6.07, 6.45) is 3.16. The summed E-state index contributed by atoms with van der Waals surface area (Å²) in [5.41, 5.74) is -0.210. The third-order valence-corrected chi connectivity index (χ3v) is 2.76. The number of rotatable bonds is 3. The van der Waals surface area contributed by atoms with Crippen molar-refractivity contribution < 1.29 is 18.3 Å². The zero-order valence-electron chi connectivity index (χ0n) is 7.58. The summed E-state index contributed by atoms with van der Waals surface area (Å²) in [4.78, 5) is 14.2. The van der Waals surface area contributed by atoms with Gasteiger partial charge in [0.25, 0.3) is 0 Å². The van der Waals surface area contributed by atoms with Crippen LogP contribution in [0.15, 0.2) is 12.5 Å². The Labute approximate surface area is 80.6 Å². The number of hydrogen-bond donors (Lipinski definition) is 1. The van der Waals surface area contributed by atoms with Crippen LogP contribution in [0.3, 0.4) is 0 Å². The van der Waals surface area contributed by atoms with Gasteiger partial charge in [-0.1, -0.05) is 0 Å².